The summed E-state index contributed by atoms with van der Waals surface area (Å²) in [5, 5.41) is 26.2. The number of nitrogens with one attached hydrogen (secondary N) is 2. The first-order valence-electron chi connectivity index (χ1n) is 24.9. The van der Waals surface area contributed by atoms with Crippen molar-refractivity contribution in [1.82, 2.24) is 20.6 Å². The number of hydrogen-bond donors (Lipinski definition) is 4. The topological polar surface area (TPSA) is 131 Å². The summed E-state index contributed by atoms with van der Waals surface area (Å²) >= 11 is 0. The van der Waals surface area contributed by atoms with Gasteiger partial charge in [-0.15, -0.1) is 0 Å². The van der Waals surface area contributed by atoms with E-state index < -0.39 is 11.9 Å². The number of rotatable bonds is 16. The molecule has 352 valence electrons. The zero-order valence-corrected chi connectivity index (χ0v) is 39.7. The van der Waals surface area contributed by atoms with Crippen molar-refractivity contribution in [3.05, 3.63) is 177 Å². The van der Waals surface area contributed by atoms with Crippen molar-refractivity contribution < 1.29 is 19.8 Å². The third kappa shape index (κ3) is 11.1. The van der Waals surface area contributed by atoms with E-state index in [4.69, 9.17) is 0 Å². The predicted molar refractivity (Wildman–Crippen MR) is 272 cm³/mol. The Morgan fingerprint density at radius 3 is 1.32 bits per heavy atom. The van der Waals surface area contributed by atoms with Gasteiger partial charge in [0.2, 0.25) is 0 Å². The van der Waals surface area contributed by atoms with Crippen LogP contribution < -0.4 is 20.4 Å². The molecule has 2 aliphatic heterocycles. The summed E-state index contributed by atoms with van der Waals surface area (Å²) < 4.78 is 0. The molecule has 68 heavy (non-hydrogen) atoms. The van der Waals surface area contributed by atoms with Gasteiger partial charge >= 0.3 is 11.9 Å². The van der Waals surface area contributed by atoms with E-state index >= 15 is 0 Å². The Morgan fingerprint density at radius 1 is 0.559 bits per heavy atom. The smallest absolute Gasteiger partial charge is 0.336 e. The molecule has 4 heterocycles. The van der Waals surface area contributed by atoms with E-state index in [-0.39, 0.29) is 12.1 Å². The van der Waals surface area contributed by atoms with Crippen molar-refractivity contribution in [3.63, 3.8) is 0 Å². The Morgan fingerprint density at radius 2 is 0.956 bits per heavy atom. The van der Waals surface area contributed by atoms with E-state index in [1.54, 1.807) is 36.9 Å². The number of nitrogens with zero attached hydrogens (tertiary/aromatic N) is 4. The van der Waals surface area contributed by atoms with E-state index in [2.05, 4.69) is 129 Å². The van der Waals surface area contributed by atoms with E-state index in [0.29, 0.717) is 24.0 Å². The molecule has 2 atom stereocenters. The van der Waals surface area contributed by atoms with Crippen LogP contribution in [0.3, 0.4) is 0 Å². The normalized spacial score (nSPS) is 17.6. The maximum Gasteiger partial charge on any atom is 0.336 e. The molecule has 10 nitrogen and oxygen atoms in total. The third-order valence-electron chi connectivity index (χ3n) is 15.2. The first-order chi connectivity index (χ1) is 33.2. The average Bonchev–Trinajstić information content (AvgIpc) is 3.34. The van der Waals surface area contributed by atoms with Crippen LogP contribution in [0.15, 0.2) is 122 Å². The minimum absolute atomic E-state index is 0.218. The molecule has 4 aromatic carbocycles. The molecular formula is C58H66N6O4. The first kappa shape index (κ1) is 46.7. The molecule has 10 rings (SSSR count). The fourth-order valence-corrected chi connectivity index (χ4v) is 10.6. The Labute approximate surface area is 401 Å². The molecule has 0 radical (unpaired) electrons. The zero-order chi connectivity index (χ0) is 47.0. The number of hydrogen-bond acceptors (Lipinski definition) is 8. The van der Waals surface area contributed by atoms with E-state index in [0.717, 1.165) is 61.7 Å². The van der Waals surface area contributed by atoms with Crippen LogP contribution >= 0.6 is 0 Å². The monoisotopic (exact) mass is 911 g/mol. The maximum atomic E-state index is 11.5. The van der Waals surface area contributed by atoms with Crippen molar-refractivity contribution in [2.75, 3.05) is 37.0 Å². The second-order valence-corrected chi connectivity index (χ2v) is 19.5. The standard InChI is InChI=1S/2C29H33N3O2/c2*1-32(24-8-5-21(6-9-24)17-20-3-2-4-20)25-10-11-26-22(18-25)13-16-31-28(26)12-7-23-19-30-15-14-27(23)29(33)34/h2*5-6,8-11,14-15,18-20,28,31H,2-4,7,12-13,16-17H2,1H3,(H,33,34)/t2*28-/m10/s1. The van der Waals surface area contributed by atoms with Gasteiger partial charge in [-0.25, -0.2) is 9.59 Å². The third-order valence-corrected chi connectivity index (χ3v) is 15.2. The molecule has 0 amide bonds. The van der Waals surface area contributed by atoms with Gasteiger partial charge in [-0.1, -0.05) is 74.9 Å². The highest BCUT2D eigenvalue weighted by Gasteiger charge is 2.24. The maximum absolute atomic E-state index is 11.5. The van der Waals surface area contributed by atoms with Gasteiger partial charge in [0.15, 0.2) is 0 Å². The van der Waals surface area contributed by atoms with Crippen LogP contribution in [-0.4, -0.2) is 59.3 Å². The molecular weight excluding hydrogens is 845 g/mol. The molecule has 2 saturated carbocycles. The number of aromatic nitrogens is 2. The molecule has 6 aromatic rings. The first-order valence-corrected chi connectivity index (χ1v) is 24.9. The minimum Gasteiger partial charge on any atom is -0.478 e. The van der Waals surface area contributed by atoms with Gasteiger partial charge in [-0.2, -0.15) is 0 Å². The van der Waals surface area contributed by atoms with Crippen LogP contribution in [-0.2, 0) is 38.5 Å². The lowest BCUT2D eigenvalue weighted by Gasteiger charge is -2.29. The van der Waals surface area contributed by atoms with Crippen molar-refractivity contribution >= 4 is 34.7 Å². The number of carboxylic acid groups (broad SMARTS) is 2. The van der Waals surface area contributed by atoms with Gasteiger partial charge in [0.1, 0.15) is 0 Å². The van der Waals surface area contributed by atoms with E-state index in [1.807, 2.05) is 0 Å². The van der Waals surface area contributed by atoms with Crippen LogP contribution in [0.25, 0.3) is 0 Å². The van der Waals surface area contributed by atoms with E-state index in [1.165, 1.54) is 107 Å². The Kier molecular flexibility index (Phi) is 14.9. The summed E-state index contributed by atoms with van der Waals surface area (Å²) in [5.74, 6) is -0.00407. The number of carboxylic acids is 2. The molecule has 2 aromatic heterocycles. The highest BCUT2D eigenvalue weighted by atomic mass is 16.4. The molecule has 0 unspecified atom stereocenters. The predicted octanol–water partition coefficient (Wildman–Crippen LogP) is 11.4. The molecule has 0 bridgehead atoms. The number of carbonyl (C=O) groups is 2. The molecule has 0 spiro atoms. The SMILES string of the molecule is CN(c1ccc(CC2CCC2)cc1)c1ccc2c(c1)CCN[C@@H]2CCc1cnccc1C(=O)O.CN(c1ccc(CC2CCC2)cc1)c1ccc2c(c1)CCN[C@H]2CCc1cnccc1C(=O)O. The quantitative estimate of drug-likeness (QED) is 0.0744. The lowest BCUT2D eigenvalue weighted by Crippen LogP contribution is -2.30. The molecule has 10 heteroatoms. The molecule has 4 N–H and O–H groups in total. The summed E-state index contributed by atoms with van der Waals surface area (Å²) in [7, 11) is 4.27. The van der Waals surface area contributed by atoms with Crippen molar-refractivity contribution in [2.45, 2.75) is 102 Å². The second kappa shape index (κ2) is 21.7. The number of benzene rings is 4. The molecule has 4 aliphatic rings. The van der Waals surface area contributed by atoms with Crippen LogP contribution in [0.1, 0.15) is 129 Å². The largest absolute Gasteiger partial charge is 0.478 e. The molecule has 2 fully saturated rings. The van der Waals surface area contributed by atoms with Crippen molar-refractivity contribution in [2.24, 2.45) is 11.8 Å². The van der Waals surface area contributed by atoms with Crippen molar-refractivity contribution in [3.8, 4) is 0 Å². The summed E-state index contributed by atoms with van der Waals surface area (Å²) in [6.07, 6.45) is 22.3. The fourth-order valence-electron chi connectivity index (χ4n) is 10.6. The Bertz CT molecular complexity index is 2490. The van der Waals surface area contributed by atoms with Gasteiger partial charge in [0, 0.05) is 73.7 Å². The van der Waals surface area contributed by atoms with Gasteiger partial charge in [0.25, 0.3) is 0 Å². The summed E-state index contributed by atoms with van der Waals surface area (Å²) in [6.45, 7) is 1.86. The van der Waals surface area contributed by atoms with Crippen LogP contribution in [0, 0.1) is 11.8 Å². The number of pyridine rings is 2. The van der Waals surface area contributed by atoms with Crippen LogP contribution in [0.4, 0.5) is 22.7 Å². The number of fused-ring (bicyclic) bond motifs is 2. The minimum atomic E-state index is -0.891. The average molecular weight is 911 g/mol. The van der Waals surface area contributed by atoms with Crippen molar-refractivity contribution in [1.29, 1.82) is 0 Å². The second-order valence-electron chi connectivity index (χ2n) is 19.5. The Hall–Kier alpha value is -6.36. The lowest BCUT2D eigenvalue weighted by atomic mass is 9.81. The number of aromatic carboxylic acids is 2. The van der Waals surface area contributed by atoms with Crippen LogP contribution in [0.5, 0.6) is 0 Å². The van der Waals surface area contributed by atoms with E-state index in [9.17, 15) is 19.8 Å². The highest BCUT2D eigenvalue weighted by molar-refractivity contribution is 5.89. The lowest BCUT2D eigenvalue weighted by molar-refractivity contribution is 0.0684. The van der Waals surface area contributed by atoms with Crippen LogP contribution in [0.2, 0.25) is 0 Å². The summed E-state index contributed by atoms with van der Waals surface area (Å²) in [6, 6.07) is 35.2. The van der Waals surface area contributed by atoms with Gasteiger partial charge < -0.3 is 30.6 Å². The number of aryl methyl sites for hydroxylation is 2. The fraction of sp³-hybridized carbons (Fsp3) is 0.379. The highest BCUT2D eigenvalue weighted by Crippen LogP contribution is 2.36. The number of anilines is 4. The Balaban J connectivity index is 0.000000170. The van der Waals surface area contributed by atoms with Gasteiger partial charge in [-0.3, -0.25) is 9.97 Å². The summed E-state index contributed by atoms with van der Waals surface area (Å²) in [5.41, 5.74) is 15.4. The zero-order valence-electron chi connectivity index (χ0n) is 39.7. The van der Waals surface area contributed by atoms with Gasteiger partial charge in [-0.05, 0) is 181 Å². The van der Waals surface area contributed by atoms with Gasteiger partial charge in [0.05, 0.1) is 11.1 Å². The molecule has 0 saturated heterocycles. The summed E-state index contributed by atoms with van der Waals surface area (Å²) in [4.78, 5) is 35.8. The molecule has 2 aliphatic carbocycles.